The van der Waals surface area contributed by atoms with Gasteiger partial charge in [-0.05, 0) is 35.4 Å². The summed E-state index contributed by atoms with van der Waals surface area (Å²) in [4.78, 5) is 15.7. The zero-order valence-electron chi connectivity index (χ0n) is 10.5. The van der Waals surface area contributed by atoms with E-state index in [4.69, 9.17) is 0 Å². The minimum Gasteiger partial charge on any atom is -0.299 e. The van der Waals surface area contributed by atoms with E-state index in [0.29, 0.717) is 5.56 Å². The van der Waals surface area contributed by atoms with Crippen LogP contribution in [-0.4, -0.2) is 10.8 Å². The molecule has 0 spiro atoms. The van der Waals surface area contributed by atoms with Crippen molar-refractivity contribution in [3.05, 3.63) is 65.5 Å². The van der Waals surface area contributed by atoms with Gasteiger partial charge in [-0.2, -0.15) is 13.2 Å². The number of carbonyl (C=O) groups is 1. The lowest BCUT2D eigenvalue weighted by Crippen LogP contribution is -2.08. The van der Waals surface area contributed by atoms with Crippen LogP contribution in [0.25, 0.3) is 0 Å². The third-order valence-electron chi connectivity index (χ3n) is 2.83. The highest BCUT2D eigenvalue weighted by molar-refractivity contribution is 5.83. The van der Waals surface area contributed by atoms with Gasteiger partial charge < -0.3 is 0 Å². The van der Waals surface area contributed by atoms with Crippen molar-refractivity contribution in [3.63, 3.8) is 0 Å². The molecule has 0 bridgehead atoms. The number of benzene rings is 1. The monoisotopic (exact) mass is 279 g/mol. The lowest BCUT2D eigenvalue weighted by molar-refractivity contribution is -0.137. The van der Waals surface area contributed by atoms with Gasteiger partial charge in [0.15, 0.2) is 0 Å². The third kappa shape index (κ3) is 3.91. The molecule has 0 atom stereocenters. The Bertz CT molecular complexity index is 576. The number of Topliss-reactive ketones (excluding diaryl/α,β-unsaturated/α-hetero) is 1. The van der Waals surface area contributed by atoms with Crippen molar-refractivity contribution in [3.8, 4) is 0 Å². The molecule has 104 valence electrons. The molecule has 0 saturated heterocycles. The normalized spacial score (nSPS) is 11.3. The Morgan fingerprint density at radius 1 is 0.900 bits per heavy atom. The van der Waals surface area contributed by atoms with Crippen LogP contribution in [0.2, 0.25) is 0 Å². The second kappa shape index (κ2) is 5.86. The number of alkyl halides is 3. The molecule has 20 heavy (non-hydrogen) atoms. The van der Waals surface area contributed by atoms with Gasteiger partial charge in [0.05, 0.1) is 5.56 Å². The van der Waals surface area contributed by atoms with Crippen LogP contribution in [-0.2, 0) is 23.8 Å². The second-order valence-corrected chi connectivity index (χ2v) is 4.44. The summed E-state index contributed by atoms with van der Waals surface area (Å²) in [5, 5.41) is 0. The molecule has 1 heterocycles. The van der Waals surface area contributed by atoms with Gasteiger partial charge in [-0.1, -0.05) is 12.1 Å². The summed E-state index contributed by atoms with van der Waals surface area (Å²) < 4.78 is 37.2. The number of rotatable bonds is 4. The molecular formula is C15H12F3NO. The predicted octanol–water partition coefficient (Wildman–Crippen LogP) is 3.45. The Labute approximate surface area is 114 Å². The van der Waals surface area contributed by atoms with Gasteiger partial charge in [0.25, 0.3) is 0 Å². The number of halogens is 3. The largest absolute Gasteiger partial charge is 0.416 e. The standard InChI is InChI=1S/C15H12F3NO/c16-15(17,18)13-3-1-11(2-4-13)9-14(20)10-12-5-7-19-8-6-12/h1-8H,9-10H2. The maximum Gasteiger partial charge on any atom is 0.416 e. The van der Waals surface area contributed by atoms with E-state index in [2.05, 4.69) is 4.98 Å². The van der Waals surface area contributed by atoms with Crippen molar-refractivity contribution < 1.29 is 18.0 Å². The first-order valence-corrected chi connectivity index (χ1v) is 6.02. The molecule has 2 rings (SSSR count). The molecule has 2 nitrogen and oxygen atoms in total. The molecular weight excluding hydrogens is 267 g/mol. The Hall–Kier alpha value is -2.17. The number of hydrogen-bond donors (Lipinski definition) is 0. The fraction of sp³-hybridized carbons (Fsp3) is 0.200. The van der Waals surface area contributed by atoms with E-state index in [-0.39, 0.29) is 18.6 Å². The van der Waals surface area contributed by atoms with Crippen LogP contribution in [0.1, 0.15) is 16.7 Å². The molecule has 1 aromatic heterocycles. The third-order valence-corrected chi connectivity index (χ3v) is 2.83. The van der Waals surface area contributed by atoms with Gasteiger partial charge in [0.2, 0.25) is 0 Å². The molecule has 0 saturated carbocycles. The molecule has 0 radical (unpaired) electrons. The van der Waals surface area contributed by atoms with Crippen molar-refractivity contribution in [1.29, 1.82) is 0 Å². The molecule has 0 amide bonds. The number of aromatic nitrogens is 1. The molecule has 1 aromatic carbocycles. The van der Waals surface area contributed by atoms with Crippen molar-refractivity contribution in [2.45, 2.75) is 19.0 Å². The maximum absolute atomic E-state index is 12.4. The summed E-state index contributed by atoms with van der Waals surface area (Å²) >= 11 is 0. The Morgan fingerprint density at radius 3 is 1.90 bits per heavy atom. The van der Waals surface area contributed by atoms with E-state index in [1.165, 1.54) is 12.1 Å². The van der Waals surface area contributed by atoms with E-state index in [0.717, 1.165) is 17.7 Å². The Balaban J connectivity index is 1.98. The topological polar surface area (TPSA) is 30.0 Å². The van der Waals surface area contributed by atoms with Crippen LogP contribution in [0.5, 0.6) is 0 Å². The van der Waals surface area contributed by atoms with E-state index in [1.54, 1.807) is 24.5 Å². The van der Waals surface area contributed by atoms with Crippen molar-refractivity contribution >= 4 is 5.78 Å². The quantitative estimate of drug-likeness (QED) is 0.858. The lowest BCUT2D eigenvalue weighted by Gasteiger charge is -2.07. The molecule has 0 N–H and O–H groups in total. The van der Waals surface area contributed by atoms with Crippen molar-refractivity contribution in [2.24, 2.45) is 0 Å². The average Bonchev–Trinajstić information content (AvgIpc) is 2.39. The van der Waals surface area contributed by atoms with Gasteiger partial charge in [-0.3, -0.25) is 9.78 Å². The Kier molecular flexibility index (Phi) is 4.17. The average molecular weight is 279 g/mol. The van der Waals surface area contributed by atoms with Crippen LogP contribution < -0.4 is 0 Å². The molecule has 0 unspecified atom stereocenters. The van der Waals surface area contributed by atoms with E-state index >= 15 is 0 Å². The first-order valence-electron chi connectivity index (χ1n) is 6.02. The second-order valence-electron chi connectivity index (χ2n) is 4.44. The summed E-state index contributed by atoms with van der Waals surface area (Å²) in [5.74, 6) is -0.0454. The van der Waals surface area contributed by atoms with E-state index in [1.807, 2.05) is 0 Å². The highest BCUT2D eigenvalue weighted by atomic mass is 19.4. The number of nitrogens with zero attached hydrogens (tertiary/aromatic N) is 1. The minimum atomic E-state index is -4.35. The molecule has 0 aliphatic carbocycles. The molecule has 0 fully saturated rings. The summed E-state index contributed by atoms with van der Waals surface area (Å²) in [6.45, 7) is 0. The summed E-state index contributed by atoms with van der Waals surface area (Å²) in [7, 11) is 0. The van der Waals surface area contributed by atoms with Crippen LogP contribution in [0.3, 0.4) is 0 Å². The first-order chi connectivity index (χ1) is 9.45. The number of carbonyl (C=O) groups excluding carboxylic acids is 1. The van der Waals surface area contributed by atoms with Crippen LogP contribution in [0.15, 0.2) is 48.8 Å². The zero-order valence-corrected chi connectivity index (χ0v) is 10.5. The van der Waals surface area contributed by atoms with Crippen LogP contribution in [0, 0.1) is 0 Å². The van der Waals surface area contributed by atoms with Gasteiger partial charge in [-0.25, -0.2) is 0 Å². The SMILES string of the molecule is O=C(Cc1ccncc1)Cc1ccc(C(F)(F)F)cc1. The summed E-state index contributed by atoms with van der Waals surface area (Å²) in [6.07, 6.45) is -0.773. The summed E-state index contributed by atoms with van der Waals surface area (Å²) in [6, 6.07) is 8.15. The molecule has 0 aliphatic rings. The highest BCUT2D eigenvalue weighted by Gasteiger charge is 2.29. The van der Waals surface area contributed by atoms with Crippen LogP contribution >= 0.6 is 0 Å². The molecule has 0 aliphatic heterocycles. The van der Waals surface area contributed by atoms with Gasteiger partial charge in [0.1, 0.15) is 5.78 Å². The zero-order chi connectivity index (χ0) is 14.6. The molecule has 2 aromatic rings. The highest BCUT2D eigenvalue weighted by Crippen LogP contribution is 2.29. The number of pyridine rings is 1. The van der Waals surface area contributed by atoms with Crippen molar-refractivity contribution in [1.82, 2.24) is 4.98 Å². The smallest absolute Gasteiger partial charge is 0.299 e. The fourth-order valence-electron chi connectivity index (χ4n) is 1.83. The molecule has 5 heteroatoms. The lowest BCUT2D eigenvalue weighted by atomic mass is 10.0. The number of hydrogen-bond acceptors (Lipinski definition) is 2. The minimum absolute atomic E-state index is 0.0454. The predicted molar refractivity (Wildman–Crippen MR) is 68.1 cm³/mol. The van der Waals surface area contributed by atoms with Gasteiger partial charge >= 0.3 is 6.18 Å². The Morgan fingerprint density at radius 2 is 1.40 bits per heavy atom. The first kappa shape index (κ1) is 14.2. The van der Waals surface area contributed by atoms with Gasteiger partial charge in [0, 0.05) is 25.2 Å². The van der Waals surface area contributed by atoms with Crippen LogP contribution in [0.4, 0.5) is 13.2 Å². The summed E-state index contributed by atoms with van der Waals surface area (Å²) in [5.41, 5.74) is 0.719. The maximum atomic E-state index is 12.4. The van der Waals surface area contributed by atoms with E-state index in [9.17, 15) is 18.0 Å². The van der Waals surface area contributed by atoms with E-state index < -0.39 is 11.7 Å². The number of ketones is 1. The fourth-order valence-corrected chi connectivity index (χ4v) is 1.83. The van der Waals surface area contributed by atoms with Crippen molar-refractivity contribution in [2.75, 3.05) is 0 Å². The van der Waals surface area contributed by atoms with Gasteiger partial charge in [-0.15, -0.1) is 0 Å².